The summed E-state index contributed by atoms with van der Waals surface area (Å²) in [6.07, 6.45) is 11.1. The molecule has 1 amide bonds. The average Bonchev–Trinajstić information content (AvgIpc) is 3.70. The molecule has 2 aromatic carbocycles. The second-order valence-electron chi connectivity index (χ2n) is 9.21. The maximum atomic E-state index is 13.1. The Labute approximate surface area is 239 Å². The first kappa shape index (κ1) is 29.2. The van der Waals surface area contributed by atoms with Crippen molar-refractivity contribution in [2.75, 3.05) is 26.2 Å². The van der Waals surface area contributed by atoms with Gasteiger partial charge >= 0.3 is 0 Å². The zero-order valence-corrected chi connectivity index (χ0v) is 23.2. The van der Waals surface area contributed by atoms with Crippen LogP contribution in [-0.2, 0) is 27.8 Å². The highest BCUT2D eigenvalue weighted by Gasteiger charge is 2.29. The maximum absolute atomic E-state index is 13.1. The zero-order chi connectivity index (χ0) is 27.2. The van der Waals surface area contributed by atoms with Gasteiger partial charge in [0.1, 0.15) is 18.1 Å². The molecular formula is C29H30ClN3O6S. The SMILES string of the molecule is Cl.O=CNO.O=S(=O)(c1ccc(-c2ccc(OCCN3C=C4C=CC=C4C3)cc2)cc1)N1CCc2ccoc2C1. The molecule has 1 aliphatic carbocycles. The molecule has 40 heavy (non-hydrogen) atoms. The van der Waals surface area contributed by atoms with Crippen LogP contribution in [0.1, 0.15) is 11.3 Å². The molecule has 3 aromatic rings. The number of furan rings is 1. The lowest BCUT2D eigenvalue weighted by molar-refractivity contribution is -0.116. The Kier molecular flexibility index (Phi) is 9.49. The van der Waals surface area contributed by atoms with Crippen molar-refractivity contribution in [3.63, 3.8) is 0 Å². The Morgan fingerprint density at radius 2 is 1.73 bits per heavy atom. The van der Waals surface area contributed by atoms with E-state index in [-0.39, 0.29) is 25.4 Å². The van der Waals surface area contributed by atoms with Gasteiger partial charge in [-0.1, -0.05) is 42.5 Å². The fourth-order valence-electron chi connectivity index (χ4n) is 4.76. The first-order valence-corrected chi connectivity index (χ1v) is 14.0. The van der Waals surface area contributed by atoms with Crippen LogP contribution in [-0.4, -0.2) is 55.5 Å². The third kappa shape index (κ3) is 6.48. The number of amides is 1. The quantitative estimate of drug-likeness (QED) is 0.231. The Morgan fingerprint density at radius 3 is 2.40 bits per heavy atom. The molecule has 0 fully saturated rings. The maximum Gasteiger partial charge on any atom is 0.243 e. The van der Waals surface area contributed by atoms with Crippen molar-refractivity contribution in [1.82, 2.24) is 14.7 Å². The summed E-state index contributed by atoms with van der Waals surface area (Å²) in [5, 5.41) is 7.26. The fourth-order valence-corrected chi connectivity index (χ4v) is 6.15. The van der Waals surface area contributed by atoms with E-state index >= 15 is 0 Å². The van der Waals surface area contributed by atoms with Crippen molar-refractivity contribution in [1.29, 1.82) is 0 Å². The molecule has 0 saturated carbocycles. The van der Waals surface area contributed by atoms with Crippen LogP contribution in [0.25, 0.3) is 11.1 Å². The molecule has 0 unspecified atom stereocenters. The van der Waals surface area contributed by atoms with Crippen LogP contribution in [0.4, 0.5) is 0 Å². The topological polar surface area (TPSA) is 112 Å². The summed E-state index contributed by atoms with van der Waals surface area (Å²) in [6, 6.07) is 16.9. The molecule has 9 nitrogen and oxygen atoms in total. The first-order chi connectivity index (χ1) is 19.0. The average molecular weight is 584 g/mol. The minimum absolute atomic E-state index is 0. The summed E-state index contributed by atoms with van der Waals surface area (Å²) in [7, 11) is -3.57. The Morgan fingerprint density at radius 1 is 1.02 bits per heavy atom. The van der Waals surface area contributed by atoms with Crippen molar-refractivity contribution in [3.05, 3.63) is 108 Å². The van der Waals surface area contributed by atoms with E-state index in [1.807, 2.05) is 42.5 Å². The predicted octanol–water partition coefficient (Wildman–Crippen LogP) is 4.31. The molecule has 0 bridgehead atoms. The van der Waals surface area contributed by atoms with Crippen LogP contribution in [0.2, 0.25) is 0 Å². The van der Waals surface area contributed by atoms with Gasteiger partial charge in [-0.3, -0.25) is 10.0 Å². The molecule has 3 aliphatic rings. The molecule has 11 heteroatoms. The molecule has 1 aromatic heterocycles. The Hall–Kier alpha value is -3.83. The van der Waals surface area contributed by atoms with Gasteiger partial charge < -0.3 is 14.1 Å². The van der Waals surface area contributed by atoms with Crippen LogP contribution in [0.15, 0.2) is 106 Å². The second-order valence-corrected chi connectivity index (χ2v) is 11.1. The van der Waals surface area contributed by atoms with Gasteiger partial charge in [0.15, 0.2) is 0 Å². The molecule has 2 aliphatic heterocycles. The third-order valence-electron chi connectivity index (χ3n) is 6.81. The normalized spacial score (nSPS) is 15.6. The highest BCUT2D eigenvalue weighted by molar-refractivity contribution is 7.89. The largest absolute Gasteiger partial charge is 0.492 e. The number of carbonyl (C=O) groups is 1. The zero-order valence-electron chi connectivity index (χ0n) is 21.6. The number of hydroxylamine groups is 1. The number of benzene rings is 2. The number of rotatable bonds is 8. The molecule has 3 heterocycles. The minimum Gasteiger partial charge on any atom is -0.492 e. The number of fused-ring (bicyclic) bond motifs is 2. The fraction of sp³-hybridized carbons (Fsp3) is 0.207. The van der Waals surface area contributed by atoms with E-state index in [1.54, 1.807) is 18.4 Å². The summed E-state index contributed by atoms with van der Waals surface area (Å²) in [4.78, 5) is 11.4. The lowest BCUT2D eigenvalue weighted by Crippen LogP contribution is -2.35. The minimum atomic E-state index is -3.57. The van der Waals surface area contributed by atoms with Gasteiger partial charge in [-0.15, -0.1) is 12.4 Å². The number of hydrogen-bond donors (Lipinski definition) is 2. The molecular weight excluding hydrogens is 554 g/mol. The summed E-state index contributed by atoms with van der Waals surface area (Å²) < 4.78 is 39.1. The van der Waals surface area contributed by atoms with Gasteiger partial charge in [-0.2, -0.15) is 4.31 Å². The number of allylic oxidation sites excluding steroid dienone is 3. The van der Waals surface area contributed by atoms with Gasteiger partial charge in [0.05, 0.1) is 24.2 Å². The predicted molar refractivity (Wildman–Crippen MR) is 152 cm³/mol. The molecule has 0 spiro atoms. The number of carbonyl (C=O) groups excluding carboxylic acids is 1. The second kappa shape index (κ2) is 13.0. The highest BCUT2D eigenvalue weighted by Crippen LogP contribution is 2.29. The van der Waals surface area contributed by atoms with Crippen molar-refractivity contribution < 1.29 is 27.6 Å². The summed E-state index contributed by atoms with van der Waals surface area (Å²) >= 11 is 0. The molecule has 6 rings (SSSR count). The van der Waals surface area contributed by atoms with Crippen LogP contribution in [0.5, 0.6) is 5.75 Å². The van der Waals surface area contributed by atoms with Crippen molar-refractivity contribution in [2.24, 2.45) is 0 Å². The van der Waals surface area contributed by atoms with Crippen LogP contribution in [0.3, 0.4) is 0 Å². The van der Waals surface area contributed by atoms with Crippen molar-refractivity contribution in [3.8, 4) is 16.9 Å². The Bertz CT molecular complexity index is 1510. The molecule has 0 radical (unpaired) electrons. The van der Waals surface area contributed by atoms with E-state index in [4.69, 9.17) is 19.2 Å². The van der Waals surface area contributed by atoms with Gasteiger partial charge in [0.2, 0.25) is 16.4 Å². The van der Waals surface area contributed by atoms with Crippen LogP contribution in [0, 0.1) is 0 Å². The van der Waals surface area contributed by atoms with Gasteiger partial charge in [-0.25, -0.2) is 13.9 Å². The number of halogens is 1. The summed E-state index contributed by atoms with van der Waals surface area (Å²) in [5.74, 6) is 1.55. The molecule has 2 N–H and O–H groups in total. The lowest BCUT2D eigenvalue weighted by atomic mass is 10.1. The van der Waals surface area contributed by atoms with E-state index in [2.05, 4.69) is 29.3 Å². The first-order valence-electron chi connectivity index (χ1n) is 12.5. The monoisotopic (exact) mass is 583 g/mol. The van der Waals surface area contributed by atoms with E-state index in [0.717, 1.165) is 41.3 Å². The van der Waals surface area contributed by atoms with Crippen LogP contribution < -0.4 is 10.2 Å². The van der Waals surface area contributed by atoms with Gasteiger partial charge in [0, 0.05) is 19.3 Å². The number of nitrogens with zero attached hydrogens (tertiary/aromatic N) is 2. The van der Waals surface area contributed by atoms with Gasteiger partial charge in [-0.05, 0) is 64.6 Å². The molecule has 210 valence electrons. The number of sulfonamides is 1. The number of hydrogen-bond acceptors (Lipinski definition) is 7. The highest BCUT2D eigenvalue weighted by atomic mass is 35.5. The van der Waals surface area contributed by atoms with Crippen molar-refractivity contribution in [2.45, 2.75) is 17.9 Å². The van der Waals surface area contributed by atoms with Gasteiger partial charge in [0.25, 0.3) is 0 Å². The standard InChI is InChI=1S/C28H26N2O4S.CH3NO2.ClH/c31-35(32,30-14-12-23-13-16-34-28(23)20-30)27-10-6-22(7-11-27)21-4-8-26(9-5-21)33-17-15-29-18-24-2-1-3-25(24)19-29;3-1-2-4;/h1-11,13,16,18H,12,14-15,17,19-20H2;1,4H,(H,2,3);1H. The summed E-state index contributed by atoms with van der Waals surface area (Å²) in [6.45, 7) is 3.13. The number of nitrogens with one attached hydrogen (secondary N) is 1. The molecule has 0 saturated heterocycles. The van der Waals surface area contributed by atoms with Crippen molar-refractivity contribution >= 4 is 28.8 Å². The summed E-state index contributed by atoms with van der Waals surface area (Å²) in [5.41, 5.74) is 6.98. The Balaban J connectivity index is 0.000000695. The van der Waals surface area contributed by atoms with E-state index < -0.39 is 10.0 Å². The lowest BCUT2D eigenvalue weighted by Gasteiger charge is -2.25. The number of ether oxygens (including phenoxy) is 1. The van der Waals surface area contributed by atoms with Crippen LogP contribution >= 0.6 is 12.4 Å². The van der Waals surface area contributed by atoms with E-state index in [1.165, 1.54) is 20.9 Å². The smallest absolute Gasteiger partial charge is 0.243 e. The third-order valence-corrected chi connectivity index (χ3v) is 8.67. The van der Waals surface area contributed by atoms with E-state index in [0.29, 0.717) is 24.5 Å². The molecule has 0 atom stereocenters. The van der Waals surface area contributed by atoms with E-state index in [9.17, 15) is 8.42 Å².